The zero-order chi connectivity index (χ0) is 21.5. The first-order chi connectivity index (χ1) is 15.2. The molecule has 1 atom stereocenters. The summed E-state index contributed by atoms with van der Waals surface area (Å²) in [6.45, 7) is 4.72. The van der Waals surface area contributed by atoms with Gasteiger partial charge in [0.2, 0.25) is 0 Å². The van der Waals surface area contributed by atoms with Crippen LogP contribution in [0.25, 0.3) is 0 Å². The molecule has 0 aliphatic heterocycles. The van der Waals surface area contributed by atoms with Crippen LogP contribution in [-0.2, 0) is 19.5 Å². The van der Waals surface area contributed by atoms with Gasteiger partial charge in [0.25, 0.3) is 0 Å². The molecule has 3 aromatic rings. The molecule has 4 rings (SSSR count). The van der Waals surface area contributed by atoms with Crippen LogP contribution in [0.5, 0.6) is 0 Å². The number of nitrogens with zero attached hydrogens (tertiary/aromatic N) is 2. The maximum atomic E-state index is 10.9. The van der Waals surface area contributed by atoms with E-state index in [-0.39, 0.29) is 6.10 Å². The summed E-state index contributed by atoms with van der Waals surface area (Å²) in [5, 5.41) is 10.9. The molecule has 1 aromatic heterocycles. The quantitative estimate of drug-likeness (QED) is 0.493. The van der Waals surface area contributed by atoms with E-state index >= 15 is 0 Å². The highest BCUT2D eigenvalue weighted by Crippen LogP contribution is 2.25. The van der Waals surface area contributed by atoms with E-state index in [9.17, 15) is 5.11 Å². The molecule has 31 heavy (non-hydrogen) atoms. The fourth-order valence-electron chi connectivity index (χ4n) is 4.94. The fraction of sp³-hybridized carbons (Fsp3) is 0.429. The van der Waals surface area contributed by atoms with Gasteiger partial charge in [0.1, 0.15) is 0 Å². The van der Waals surface area contributed by atoms with Crippen LogP contribution >= 0.6 is 0 Å². The first-order valence-corrected chi connectivity index (χ1v) is 11.8. The molecule has 1 aliphatic carbocycles. The van der Waals surface area contributed by atoms with Gasteiger partial charge in [0.15, 0.2) is 0 Å². The second kappa shape index (κ2) is 10.8. The number of aliphatic hydroxyl groups is 1. The molecule has 1 saturated carbocycles. The first kappa shape index (κ1) is 21.9. The summed E-state index contributed by atoms with van der Waals surface area (Å²) < 4.78 is 2.38. The van der Waals surface area contributed by atoms with E-state index in [0.717, 1.165) is 19.6 Å². The minimum atomic E-state index is -0.343. The van der Waals surface area contributed by atoms with Gasteiger partial charge < -0.3 is 9.67 Å². The third kappa shape index (κ3) is 6.09. The van der Waals surface area contributed by atoms with Crippen molar-refractivity contribution in [3.05, 3.63) is 95.3 Å². The molecule has 3 nitrogen and oxygen atoms in total. The number of aromatic nitrogens is 1. The van der Waals surface area contributed by atoms with E-state index in [1.807, 2.05) is 6.07 Å². The normalized spacial score (nSPS) is 16.0. The van der Waals surface area contributed by atoms with E-state index in [1.54, 1.807) is 0 Å². The Morgan fingerprint density at radius 3 is 2.45 bits per heavy atom. The summed E-state index contributed by atoms with van der Waals surface area (Å²) in [4.78, 5) is 2.55. The summed E-state index contributed by atoms with van der Waals surface area (Å²) in [6.07, 6.45) is 9.02. The molecular weight excluding hydrogens is 380 g/mol. The predicted molar refractivity (Wildman–Crippen MR) is 128 cm³/mol. The van der Waals surface area contributed by atoms with Crippen molar-refractivity contribution in [3.63, 3.8) is 0 Å². The van der Waals surface area contributed by atoms with Gasteiger partial charge in [-0.3, -0.25) is 4.90 Å². The number of hydrogen-bond donors (Lipinski definition) is 1. The highest BCUT2D eigenvalue weighted by atomic mass is 16.3. The van der Waals surface area contributed by atoms with E-state index in [0.29, 0.717) is 12.5 Å². The van der Waals surface area contributed by atoms with E-state index in [4.69, 9.17) is 0 Å². The predicted octanol–water partition coefficient (Wildman–Crippen LogP) is 5.58. The summed E-state index contributed by atoms with van der Waals surface area (Å²) in [7, 11) is 0. The first-order valence-electron chi connectivity index (χ1n) is 11.8. The molecule has 1 heterocycles. The minimum Gasteiger partial charge on any atom is -0.391 e. The average molecular weight is 417 g/mol. The summed E-state index contributed by atoms with van der Waals surface area (Å²) in [5.74, 6) is 0. The molecule has 1 fully saturated rings. The lowest BCUT2D eigenvalue weighted by Gasteiger charge is -2.36. The second-order valence-corrected chi connectivity index (χ2v) is 9.12. The Morgan fingerprint density at radius 1 is 0.935 bits per heavy atom. The van der Waals surface area contributed by atoms with Crippen molar-refractivity contribution in [2.45, 2.75) is 70.7 Å². The van der Waals surface area contributed by atoms with E-state index in [2.05, 4.69) is 83.3 Å². The molecule has 1 aliphatic rings. The molecule has 3 heteroatoms. The van der Waals surface area contributed by atoms with Crippen molar-refractivity contribution in [3.8, 4) is 0 Å². The second-order valence-electron chi connectivity index (χ2n) is 9.12. The Morgan fingerprint density at radius 2 is 1.68 bits per heavy atom. The van der Waals surface area contributed by atoms with E-state index < -0.39 is 0 Å². The zero-order valence-corrected chi connectivity index (χ0v) is 18.8. The van der Waals surface area contributed by atoms with Gasteiger partial charge in [0.05, 0.1) is 6.10 Å². The standard InChI is InChI=1S/C28H36N2O/c1-23-11-8-9-14-25(23)20-29-18-10-17-27(29)21-30(26-15-6-3-7-16-26)22-28(31)19-24-12-4-2-5-13-24/h2,4-5,8-14,17-18,26,28,31H,3,6-7,15-16,19-22H2,1H3/t28-/m0/s1. The maximum absolute atomic E-state index is 10.9. The smallest absolute Gasteiger partial charge is 0.0707 e. The average Bonchev–Trinajstić information content (AvgIpc) is 3.23. The van der Waals surface area contributed by atoms with Gasteiger partial charge in [-0.05, 0) is 55.0 Å². The molecule has 0 unspecified atom stereocenters. The molecule has 0 radical (unpaired) electrons. The van der Waals surface area contributed by atoms with Crippen LogP contribution in [0.15, 0.2) is 72.9 Å². The number of hydrogen-bond acceptors (Lipinski definition) is 2. The van der Waals surface area contributed by atoms with Gasteiger partial charge in [-0.15, -0.1) is 0 Å². The zero-order valence-electron chi connectivity index (χ0n) is 18.8. The fourth-order valence-corrected chi connectivity index (χ4v) is 4.94. The minimum absolute atomic E-state index is 0.343. The molecule has 164 valence electrons. The van der Waals surface area contributed by atoms with Crippen molar-refractivity contribution in [1.29, 1.82) is 0 Å². The van der Waals surface area contributed by atoms with Crippen LogP contribution in [0.4, 0.5) is 0 Å². The monoisotopic (exact) mass is 416 g/mol. The van der Waals surface area contributed by atoms with Crippen molar-refractivity contribution >= 4 is 0 Å². The molecule has 0 amide bonds. The third-order valence-corrected chi connectivity index (χ3v) is 6.74. The number of rotatable bonds is 9. The van der Waals surface area contributed by atoms with Gasteiger partial charge in [-0.2, -0.15) is 0 Å². The van der Waals surface area contributed by atoms with Crippen molar-refractivity contribution in [2.75, 3.05) is 6.54 Å². The molecule has 1 N–H and O–H groups in total. The topological polar surface area (TPSA) is 28.4 Å². The van der Waals surface area contributed by atoms with Gasteiger partial charge in [0, 0.05) is 37.6 Å². The van der Waals surface area contributed by atoms with Crippen LogP contribution in [0, 0.1) is 6.92 Å². The Hall–Kier alpha value is -2.36. The van der Waals surface area contributed by atoms with Gasteiger partial charge in [-0.25, -0.2) is 0 Å². The molecular formula is C28H36N2O. The van der Waals surface area contributed by atoms with E-state index in [1.165, 1.54) is 54.5 Å². The van der Waals surface area contributed by atoms with Gasteiger partial charge >= 0.3 is 0 Å². The van der Waals surface area contributed by atoms with Crippen molar-refractivity contribution in [1.82, 2.24) is 9.47 Å². The maximum Gasteiger partial charge on any atom is 0.0707 e. The Kier molecular flexibility index (Phi) is 7.61. The Bertz CT molecular complexity index is 927. The van der Waals surface area contributed by atoms with Crippen LogP contribution in [0.3, 0.4) is 0 Å². The number of aliphatic hydroxyl groups excluding tert-OH is 1. The summed E-state index contributed by atoms with van der Waals surface area (Å²) in [6, 6.07) is 24.0. The Labute approximate surface area is 187 Å². The summed E-state index contributed by atoms with van der Waals surface area (Å²) >= 11 is 0. The third-order valence-electron chi connectivity index (χ3n) is 6.74. The highest BCUT2D eigenvalue weighted by Gasteiger charge is 2.24. The van der Waals surface area contributed by atoms with Crippen molar-refractivity contribution < 1.29 is 5.11 Å². The lowest BCUT2D eigenvalue weighted by molar-refractivity contribution is 0.0664. The molecule has 0 spiro atoms. The number of aryl methyl sites for hydroxylation is 1. The van der Waals surface area contributed by atoms with Crippen molar-refractivity contribution in [2.24, 2.45) is 0 Å². The van der Waals surface area contributed by atoms with Crippen LogP contribution < -0.4 is 0 Å². The Balaban J connectivity index is 1.47. The molecule has 0 bridgehead atoms. The van der Waals surface area contributed by atoms with Crippen LogP contribution in [0.1, 0.15) is 54.5 Å². The van der Waals surface area contributed by atoms with Crippen LogP contribution in [-0.4, -0.2) is 33.3 Å². The number of benzene rings is 2. The molecule has 2 aromatic carbocycles. The highest BCUT2D eigenvalue weighted by molar-refractivity contribution is 5.26. The van der Waals surface area contributed by atoms with Crippen LogP contribution in [0.2, 0.25) is 0 Å². The van der Waals surface area contributed by atoms with Gasteiger partial charge in [-0.1, -0.05) is 73.9 Å². The lowest BCUT2D eigenvalue weighted by Crippen LogP contribution is -2.42. The SMILES string of the molecule is Cc1ccccc1Cn1cccc1CN(C[C@@H](O)Cc1ccccc1)C1CCCCC1. The molecule has 0 saturated heterocycles. The lowest BCUT2D eigenvalue weighted by atomic mass is 9.93. The summed E-state index contributed by atoms with van der Waals surface area (Å²) in [5.41, 5.74) is 5.25. The largest absolute Gasteiger partial charge is 0.391 e.